The minimum absolute atomic E-state index is 0.233. The quantitative estimate of drug-likeness (QED) is 0.486. The average Bonchev–Trinajstić information content (AvgIpc) is 3.23. The summed E-state index contributed by atoms with van der Waals surface area (Å²) in [6.45, 7) is 0.117. The van der Waals surface area contributed by atoms with E-state index in [0.29, 0.717) is 22.7 Å². The highest BCUT2D eigenvalue weighted by Crippen LogP contribution is 2.37. The molecule has 0 radical (unpaired) electrons. The fraction of sp³-hybridized carbons (Fsp3) is 0.368. The fourth-order valence-corrected chi connectivity index (χ4v) is 3.51. The molecule has 0 aliphatic carbocycles. The third-order valence-electron chi connectivity index (χ3n) is 4.65. The van der Waals surface area contributed by atoms with Gasteiger partial charge in [-0.2, -0.15) is 0 Å². The van der Waals surface area contributed by atoms with E-state index in [9.17, 15) is 15.3 Å². The lowest BCUT2D eigenvalue weighted by molar-refractivity contribution is -0.0508. The van der Waals surface area contributed by atoms with Crippen LogP contribution < -0.4 is 9.47 Å². The number of fused-ring (bicyclic) bond motifs is 1. The van der Waals surface area contributed by atoms with Crippen molar-refractivity contribution in [3.05, 3.63) is 47.9 Å². The minimum Gasteiger partial charge on any atom is -0.490 e. The van der Waals surface area contributed by atoms with E-state index in [4.69, 9.17) is 25.8 Å². The van der Waals surface area contributed by atoms with Gasteiger partial charge < -0.3 is 34.1 Å². The normalized spacial score (nSPS) is 24.1. The molecular weight excluding hydrogens is 402 g/mol. The van der Waals surface area contributed by atoms with Crippen molar-refractivity contribution in [2.24, 2.45) is 0 Å². The Morgan fingerprint density at radius 1 is 1.07 bits per heavy atom. The first kappa shape index (κ1) is 19.9. The van der Waals surface area contributed by atoms with E-state index in [0.717, 1.165) is 5.75 Å². The van der Waals surface area contributed by atoms with Crippen molar-refractivity contribution in [1.29, 1.82) is 0 Å². The van der Waals surface area contributed by atoms with Gasteiger partial charge in [-0.1, -0.05) is 29.8 Å². The number of halogens is 1. The number of hydrogen-bond acceptors (Lipinski definition) is 8. The predicted octanol–water partition coefficient (Wildman–Crippen LogP) is 1.15. The molecule has 3 heterocycles. The number of ether oxygens (including phenoxy) is 3. The molecule has 0 saturated carbocycles. The lowest BCUT2D eigenvalue weighted by Gasteiger charge is -2.17. The number of rotatable bonds is 7. The van der Waals surface area contributed by atoms with Crippen molar-refractivity contribution < 1.29 is 29.5 Å². The van der Waals surface area contributed by atoms with Crippen LogP contribution in [-0.4, -0.2) is 68.0 Å². The number of benzene rings is 1. The molecule has 1 saturated heterocycles. The molecule has 0 spiro atoms. The summed E-state index contributed by atoms with van der Waals surface area (Å²) in [5, 5.41) is 30.3. The maximum Gasteiger partial charge on any atom is 0.227 e. The van der Waals surface area contributed by atoms with E-state index < -0.39 is 31.1 Å². The Balaban J connectivity index is 1.52. The standard InChI is InChI=1S/C19H20ClN3O6/c20-12-8-23(19-16(26)15(25)13(9-24)29-19)17-14(12)18(22-10-21-17)28-7-6-27-11-4-2-1-3-5-11/h1-5,8,10,13,15-16,19,24-26H,6-7,9H2/t13-,15-,16-,19-/m1/s1. The number of aliphatic hydroxyl groups is 3. The molecule has 1 aliphatic rings. The van der Waals surface area contributed by atoms with Crippen molar-refractivity contribution in [3.63, 3.8) is 0 Å². The van der Waals surface area contributed by atoms with E-state index in [1.807, 2.05) is 30.3 Å². The van der Waals surface area contributed by atoms with Gasteiger partial charge in [0.25, 0.3) is 0 Å². The van der Waals surface area contributed by atoms with E-state index in [1.54, 1.807) is 0 Å². The van der Waals surface area contributed by atoms with Crippen LogP contribution in [0.4, 0.5) is 0 Å². The van der Waals surface area contributed by atoms with Crippen LogP contribution in [0.1, 0.15) is 6.23 Å². The molecule has 0 unspecified atom stereocenters. The van der Waals surface area contributed by atoms with Gasteiger partial charge in [-0.25, -0.2) is 9.97 Å². The zero-order valence-corrected chi connectivity index (χ0v) is 16.0. The smallest absolute Gasteiger partial charge is 0.227 e. The summed E-state index contributed by atoms with van der Waals surface area (Å²) in [6, 6.07) is 9.36. The monoisotopic (exact) mass is 421 g/mol. The number of aromatic nitrogens is 3. The van der Waals surface area contributed by atoms with Gasteiger partial charge in [0, 0.05) is 6.20 Å². The van der Waals surface area contributed by atoms with Crippen molar-refractivity contribution in [2.45, 2.75) is 24.5 Å². The second kappa shape index (κ2) is 8.52. The third kappa shape index (κ3) is 3.87. The molecule has 10 heteroatoms. The third-order valence-corrected chi connectivity index (χ3v) is 4.94. The Labute approximate surface area is 171 Å². The van der Waals surface area contributed by atoms with Crippen LogP contribution in [0.25, 0.3) is 11.0 Å². The lowest BCUT2D eigenvalue weighted by atomic mass is 10.1. The largest absolute Gasteiger partial charge is 0.490 e. The fourth-order valence-electron chi connectivity index (χ4n) is 3.24. The van der Waals surface area contributed by atoms with Gasteiger partial charge in [-0.15, -0.1) is 0 Å². The van der Waals surface area contributed by atoms with Crippen molar-refractivity contribution >= 4 is 22.6 Å². The first-order valence-corrected chi connectivity index (χ1v) is 9.42. The summed E-state index contributed by atoms with van der Waals surface area (Å²) in [5.74, 6) is 1.000. The molecule has 0 amide bonds. The summed E-state index contributed by atoms with van der Waals surface area (Å²) in [5.41, 5.74) is 0.374. The van der Waals surface area contributed by atoms with Crippen LogP contribution in [0.2, 0.25) is 5.02 Å². The van der Waals surface area contributed by atoms with E-state index >= 15 is 0 Å². The average molecular weight is 422 g/mol. The zero-order chi connectivity index (χ0) is 20.4. The highest BCUT2D eigenvalue weighted by atomic mass is 35.5. The first-order chi connectivity index (χ1) is 14.1. The summed E-state index contributed by atoms with van der Waals surface area (Å²) in [7, 11) is 0. The van der Waals surface area contributed by atoms with E-state index in [2.05, 4.69) is 9.97 Å². The molecule has 4 rings (SSSR count). The Kier molecular flexibility index (Phi) is 5.84. The van der Waals surface area contributed by atoms with Crippen LogP contribution in [-0.2, 0) is 4.74 Å². The van der Waals surface area contributed by atoms with Gasteiger partial charge in [-0.3, -0.25) is 0 Å². The summed E-state index contributed by atoms with van der Waals surface area (Å²) < 4.78 is 18.4. The summed E-state index contributed by atoms with van der Waals surface area (Å²) in [4.78, 5) is 8.35. The van der Waals surface area contributed by atoms with Crippen LogP contribution in [0.5, 0.6) is 11.6 Å². The maximum absolute atomic E-state index is 10.3. The molecule has 29 heavy (non-hydrogen) atoms. The number of aliphatic hydroxyl groups excluding tert-OH is 3. The van der Waals surface area contributed by atoms with Crippen LogP contribution >= 0.6 is 11.6 Å². The van der Waals surface area contributed by atoms with Gasteiger partial charge in [0.15, 0.2) is 11.9 Å². The van der Waals surface area contributed by atoms with Gasteiger partial charge >= 0.3 is 0 Å². The van der Waals surface area contributed by atoms with Gasteiger partial charge in [0.2, 0.25) is 5.88 Å². The topological polar surface area (TPSA) is 119 Å². The van der Waals surface area contributed by atoms with Crippen LogP contribution in [0.15, 0.2) is 42.9 Å². The minimum atomic E-state index is -1.25. The van der Waals surface area contributed by atoms with Crippen LogP contribution in [0, 0.1) is 0 Å². The Hall–Kier alpha value is -2.43. The van der Waals surface area contributed by atoms with Gasteiger partial charge in [0.1, 0.15) is 43.6 Å². The number of hydrogen-bond donors (Lipinski definition) is 3. The summed E-state index contributed by atoms with van der Waals surface area (Å²) in [6.07, 6.45) is -1.51. The Morgan fingerprint density at radius 2 is 1.83 bits per heavy atom. The molecule has 9 nitrogen and oxygen atoms in total. The second-order valence-corrected chi connectivity index (χ2v) is 6.91. The highest BCUT2D eigenvalue weighted by Gasteiger charge is 2.44. The van der Waals surface area contributed by atoms with Crippen LogP contribution in [0.3, 0.4) is 0 Å². The van der Waals surface area contributed by atoms with Gasteiger partial charge in [0.05, 0.1) is 17.0 Å². The molecule has 1 fully saturated rings. The second-order valence-electron chi connectivity index (χ2n) is 6.50. The highest BCUT2D eigenvalue weighted by molar-refractivity contribution is 6.36. The Morgan fingerprint density at radius 3 is 2.55 bits per heavy atom. The molecule has 2 aromatic heterocycles. The maximum atomic E-state index is 10.3. The molecule has 0 bridgehead atoms. The SMILES string of the molecule is OC[C@H]1O[C@@H](n2cc(Cl)c3c(OCCOc4ccccc4)ncnc32)[C@H](O)[C@@H]1O. The van der Waals surface area contributed by atoms with E-state index in [-0.39, 0.29) is 12.5 Å². The summed E-state index contributed by atoms with van der Waals surface area (Å²) >= 11 is 6.36. The predicted molar refractivity (Wildman–Crippen MR) is 103 cm³/mol. The first-order valence-electron chi connectivity index (χ1n) is 9.04. The zero-order valence-electron chi connectivity index (χ0n) is 15.3. The molecule has 1 aromatic carbocycles. The molecule has 3 N–H and O–H groups in total. The van der Waals surface area contributed by atoms with Crippen molar-refractivity contribution in [3.8, 4) is 11.6 Å². The lowest BCUT2D eigenvalue weighted by Crippen LogP contribution is -2.33. The number of para-hydroxylation sites is 1. The molecule has 3 aromatic rings. The molecular formula is C19H20ClN3O6. The molecule has 4 atom stereocenters. The van der Waals surface area contributed by atoms with Crippen molar-refractivity contribution in [2.75, 3.05) is 19.8 Å². The van der Waals surface area contributed by atoms with Crippen molar-refractivity contribution in [1.82, 2.24) is 14.5 Å². The van der Waals surface area contributed by atoms with Gasteiger partial charge in [-0.05, 0) is 12.1 Å². The molecule has 1 aliphatic heterocycles. The molecule has 154 valence electrons. The number of nitrogens with zero attached hydrogens (tertiary/aromatic N) is 3. The van der Waals surface area contributed by atoms with E-state index in [1.165, 1.54) is 17.1 Å². The Bertz CT molecular complexity index is 969.